The smallest absolute Gasteiger partial charge is 0.261 e. The number of nitrogens with one attached hydrogen (secondary N) is 2. The van der Waals surface area contributed by atoms with Gasteiger partial charge in [0.05, 0.1) is 0 Å². The third kappa shape index (κ3) is 2.84. The first kappa shape index (κ1) is 13.9. The van der Waals surface area contributed by atoms with Crippen molar-refractivity contribution in [1.29, 1.82) is 0 Å². The lowest BCUT2D eigenvalue weighted by Crippen LogP contribution is -2.42. The minimum atomic E-state index is -0.324. The zero-order valence-corrected chi connectivity index (χ0v) is 12.2. The molecule has 1 aliphatic carbocycles. The Hall–Kier alpha value is -2.10. The Bertz CT molecular complexity index is 720. The Labute approximate surface area is 123 Å². The largest absolute Gasteiger partial charge is 0.349 e. The van der Waals surface area contributed by atoms with Gasteiger partial charge in [0.2, 0.25) is 0 Å². The second-order valence-corrected chi connectivity index (χ2v) is 5.94. The third-order valence-electron chi connectivity index (χ3n) is 4.43. The number of aromatic nitrogens is 1. The molecule has 3 rings (SSSR count). The van der Waals surface area contributed by atoms with Crippen molar-refractivity contribution in [1.82, 2.24) is 10.3 Å². The standard InChI is InChI=1S/C17H20N2O2/c1-11-6-2-4-8-14(11)18-16(20)13-10-12-7-3-5-9-15(12)19-17(13)21/h3,5,7,9-11,14H,2,4,6,8H2,1H3,(H,18,20)(H,19,21). The summed E-state index contributed by atoms with van der Waals surface area (Å²) < 4.78 is 0. The van der Waals surface area contributed by atoms with Crippen LogP contribution in [0.3, 0.4) is 0 Å². The van der Waals surface area contributed by atoms with E-state index in [1.54, 1.807) is 6.07 Å². The molecule has 1 aromatic carbocycles. The van der Waals surface area contributed by atoms with E-state index in [0.717, 1.165) is 30.2 Å². The Kier molecular flexibility index (Phi) is 3.78. The molecule has 1 saturated carbocycles. The van der Waals surface area contributed by atoms with E-state index in [1.165, 1.54) is 6.42 Å². The second kappa shape index (κ2) is 5.72. The Balaban J connectivity index is 1.87. The number of para-hydroxylation sites is 1. The summed E-state index contributed by atoms with van der Waals surface area (Å²) >= 11 is 0. The fraction of sp³-hybridized carbons (Fsp3) is 0.412. The highest BCUT2D eigenvalue weighted by atomic mass is 16.2. The number of amides is 1. The molecule has 0 saturated heterocycles. The summed E-state index contributed by atoms with van der Waals surface area (Å²) in [4.78, 5) is 27.2. The van der Waals surface area contributed by atoms with Gasteiger partial charge in [0, 0.05) is 11.6 Å². The van der Waals surface area contributed by atoms with Gasteiger partial charge in [-0.05, 0) is 36.3 Å². The van der Waals surface area contributed by atoms with E-state index in [4.69, 9.17) is 0 Å². The lowest BCUT2D eigenvalue weighted by atomic mass is 9.86. The van der Waals surface area contributed by atoms with Crippen molar-refractivity contribution in [2.24, 2.45) is 5.92 Å². The van der Waals surface area contributed by atoms with Gasteiger partial charge in [-0.15, -0.1) is 0 Å². The molecular formula is C17H20N2O2. The van der Waals surface area contributed by atoms with Gasteiger partial charge >= 0.3 is 0 Å². The van der Waals surface area contributed by atoms with Crippen LogP contribution in [0, 0.1) is 5.92 Å². The fourth-order valence-corrected chi connectivity index (χ4v) is 3.09. The van der Waals surface area contributed by atoms with Crippen LogP contribution < -0.4 is 10.9 Å². The molecule has 0 aliphatic heterocycles. The first-order chi connectivity index (χ1) is 10.1. The molecule has 2 aromatic rings. The lowest BCUT2D eigenvalue weighted by Gasteiger charge is -2.29. The molecule has 1 fully saturated rings. The van der Waals surface area contributed by atoms with Gasteiger partial charge in [0.15, 0.2) is 0 Å². The topological polar surface area (TPSA) is 62.0 Å². The SMILES string of the molecule is CC1CCCCC1NC(=O)c1cc2ccccc2[nH]c1=O. The van der Waals surface area contributed by atoms with Crippen molar-refractivity contribution in [3.8, 4) is 0 Å². The number of pyridine rings is 1. The molecule has 1 aromatic heterocycles. The molecule has 1 heterocycles. The van der Waals surface area contributed by atoms with Crippen LogP contribution in [-0.2, 0) is 0 Å². The molecular weight excluding hydrogens is 264 g/mol. The summed E-state index contributed by atoms with van der Waals surface area (Å²) in [5.41, 5.74) is 0.631. The maximum absolute atomic E-state index is 12.4. The van der Waals surface area contributed by atoms with E-state index in [9.17, 15) is 9.59 Å². The number of carbonyl (C=O) groups is 1. The van der Waals surface area contributed by atoms with E-state index in [0.29, 0.717) is 5.92 Å². The normalized spacial score (nSPS) is 22.1. The third-order valence-corrected chi connectivity index (χ3v) is 4.43. The molecule has 1 amide bonds. The maximum Gasteiger partial charge on any atom is 0.261 e. The van der Waals surface area contributed by atoms with E-state index in [-0.39, 0.29) is 23.1 Å². The minimum absolute atomic E-state index is 0.178. The summed E-state index contributed by atoms with van der Waals surface area (Å²) in [5, 5.41) is 3.91. The second-order valence-electron chi connectivity index (χ2n) is 5.94. The van der Waals surface area contributed by atoms with Gasteiger partial charge in [-0.25, -0.2) is 0 Å². The number of H-pyrrole nitrogens is 1. The number of hydrogen-bond acceptors (Lipinski definition) is 2. The van der Waals surface area contributed by atoms with Crippen LogP contribution in [-0.4, -0.2) is 16.9 Å². The average molecular weight is 284 g/mol. The van der Waals surface area contributed by atoms with Crippen molar-refractivity contribution in [2.75, 3.05) is 0 Å². The van der Waals surface area contributed by atoms with Gasteiger partial charge < -0.3 is 10.3 Å². The lowest BCUT2D eigenvalue weighted by molar-refractivity contribution is 0.0909. The number of benzene rings is 1. The quantitative estimate of drug-likeness (QED) is 0.890. The summed E-state index contributed by atoms with van der Waals surface area (Å²) in [7, 11) is 0. The van der Waals surface area contributed by atoms with E-state index < -0.39 is 0 Å². The first-order valence-electron chi connectivity index (χ1n) is 7.58. The minimum Gasteiger partial charge on any atom is -0.349 e. The molecule has 0 radical (unpaired) electrons. The molecule has 0 spiro atoms. The molecule has 4 nitrogen and oxygen atoms in total. The van der Waals surface area contributed by atoms with Crippen molar-refractivity contribution < 1.29 is 4.79 Å². The summed E-state index contributed by atoms with van der Waals surface area (Å²) in [6, 6.07) is 9.34. The molecule has 4 heteroatoms. The number of fused-ring (bicyclic) bond motifs is 1. The van der Waals surface area contributed by atoms with Gasteiger partial charge in [0.1, 0.15) is 5.56 Å². The summed E-state index contributed by atoms with van der Waals surface area (Å²) in [6.07, 6.45) is 4.50. The van der Waals surface area contributed by atoms with Crippen molar-refractivity contribution in [3.05, 3.63) is 46.2 Å². The number of carbonyl (C=O) groups excluding carboxylic acids is 1. The molecule has 2 unspecified atom stereocenters. The Morgan fingerprint density at radius 2 is 2.00 bits per heavy atom. The monoisotopic (exact) mass is 284 g/mol. The van der Waals surface area contributed by atoms with Crippen molar-refractivity contribution in [3.63, 3.8) is 0 Å². The van der Waals surface area contributed by atoms with Gasteiger partial charge in [-0.3, -0.25) is 9.59 Å². The predicted molar refractivity (Wildman–Crippen MR) is 83.5 cm³/mol. The van der Waals surface area contributed by atoms with Crippen LogP contribution in [0.2, 0.25) is 0 Å². The van der Waals surface area contributed by atoms with Gasteiger partial charge in [0.25, 0.3) is 11.5 Å². The average Bonchev–Trinajstić information content (AvgIpc) is 2.49. The van der Waals surface area contributed by atoms with Crippen LogP contribution in [0.15, 0.2) is 35.1 Å². The number of aromatic amines is 1. The van der Waals surface area contributed by atoms with Crippen LogP contribution in [0.4, 0.5) is 0 Å². The van der Waals surface area contributed by atoms with Crippen LogP contribution in [0.5, 0.6) is 0 Å². The molecule has 2 atom stereocenters. The van der Waals surface area contributed by atoms with Crippen molar-refractivity contribution >= 4 is 16.8 Å². The Morgan fingerprint density at radius 1 is 1.24 bits per heavy atom. The van der Waals surface area contributed by atoms with E-state index in [2.05, 4.69) is 17.2 Å². The molecule has 21 heavy (non-hydrogen) atoms. The zero-order valence-electron chi connectivity index (χ0n) is 12.2. The first-order valence-corrected chi connectivity index (χ1v) is 7.58. The van der Waals surface area contributed by atoms with E-state index in [1.807, 2.05) is 24.3 Å². The fourth-order valence-electron chi connectivity index (χ4n) is 3.09. The highest BCUT2D eigenvalue weighted by Gasteiger charge is 2.24. The van der Waals surface area contributed by atoms with Crippen LogP contribution in [0.25, 0.3) is 10.9 Å². The zero-order chi connectivity index (χ0) is 14.8. The molecule has 0 bridgehead atoms. The predicted octanol–water partition coefficient (Wildman–Crippen LogP) is 2.84. The number of rotatable bonds is 2. The number of hydrogen-bond donors (Lipinski definition) is 2. The highest BCUT2D eigenvalue weighted by Crippen LogP contribution is 2.24. The van der Waals surface area contributed by atoms with E-state index >= 15 is 0 Å². The van der Waals surface area contributed by atoms with Crippen LogP contribution >= 0.6 is 0 Å². The Morgan fingerprint density at radius 3 is 2.81 bits per heavy atom. The van der Waals surface area contributed by atoms with Crippen LogP contribution in [0.1, 0.15) is 43.0 Å². The van der Waals surface area contributed by atoms with Gasteiger partial charge in [-0.2, -0.15) is 0 Å². The summed E-state index contributed by atoms with van der Waals surface area (Å²) in [6.45, 7) is 2.16. The maximum atomic E-state index is 12.4. The van der Waals surface area contributed by atoms with Gasteiger partial charge in [-0.1, -0.05) is 38.0 Å². The molecule has 2 N–H and O–H groups in total. The summed E-state index contributed by atoms with van der Waals surface area (Å²) in [5.74, 6) is 0.211. The highest BCUT2D eigenvalue weighted by molar-refractivity contribution is 5.97. The molecule has 110 valence electrons. The molecule has 1 aliphatic rings. The van der Waals surface area contributed by atoms with Crippen molar-refractivity contribution in [2.45, 2.75) is 38.6 Å².